The van der Waals surface area contributed by atoms with E-state index in [9.17, 15) is 4.79 Å². The number of hydrogen-bond donors (Lipinski definition) is 1. The summed E-state index contributed by atoms with van der Waals surface area (Å²) in [5, 5.41) is 3.75. The Morgan fingerprint density at radius 1 is 1.18 bits per heavy atom. The molecule has 7 heteroatoms. The summed E-state index contributed by atoms with van der Waals surface area (Å²) in [5.74, 6) is 1.86. The van der Waals surface area contributed by atoms with Crippen LogP contribution in [-0.4, -0.2) is 35.4 Å². The van der Waals surface area contributed by atoms with Crippen molar-refractivity contribution >= 4 is 34.4 Å². The number of carbonyl (C=O) groups excluding carboxylic acids is 1. The first-order valence-electron chi connectivity index (χ1n) is 9.11. The summed E-state index contributed by atoms with van der Waals surface area (Å²) in [6, 6.07) is 13.4. The van der Waals surface area contributed by atoms with Crippen LogP contribution in [0, 0.1) is 5.92 Å². The molecule has 0 saturated carbocycles. The minimum atomic E-state index is -0.114. The molecule has 0 atom stereocenters. The highest BCUT2D eigenvalue weighted by Crippen LogP contribution is 2.30. The van der Waals surface area contributed by atoms with E-state index in [1.165, 1.54) is 11.8 Å². The van der Waals surface area contributed by atoms with Crippen LogP contribution in [0.3, 0.4) is 0 Å². The van der Waals surface area contributed by atoms with Gasteiger partial charge in [-0.2, -0.15) is 0 Å². The average molecular weight is 400 g/mol. The number of carbonyl (C=O) groups is 1. The van der Waals surface area contributed by atoms with E-state index in [0.29, 0.717) is 23.1 Å². The zero-order valence-corrected chi connectivity index (χ0v) is 17.4. The summed E-state index contributed by atoms with van der Waals surface area (Å²) in [5.41, 5.74) is 2.66. The highest BCUT2D eigenvalue weighted by molar-refractivity contribution is 7.99. The highest BCUT2D eigenvalue weighted by Gasteiger charge is 2.15. The molecule has 0 radical (unpaired) electrons. The van der Waals surface area contributed by atoms with Crippen molar-refractivity contribution in [3.63, 3.8) is 0 Å². The molecule has 2 aromatic carbocycles. The van der Waals surface area contributed by atoms with E-state index in [-0.39, 0.29) is 11.7 Å². The number of anilines is 1. The van der Waals surface area contributed by atoms with Gasteiger partial charge in [-0.1, -0.05) is 37.7 Å². The van der Waals surface area contributed by atoms with E-state index in [1.54, 1.807) is 32.4 Å². The SMILES string of the molecule is COc1ccc(NC(=O)CSc2nc3ccccc3n2CC(C)C)c(OC)c1. The molecule has 0 bridgehead atoms. The van der Waals surface area contributed by atoms with E-state index in [0.717, 1.165) is 22.7 Å². The minimum Gasteiger partial charge on any atom is -0.497 e. The van der Waals surface area contributed by atoms with E-state index in [2.05, 4.69) is 29.8 Å². The van der Waals surface area contributed by atoms with Gasteiger partial charge in [-0.3, -0.25) is 4.79 Å². The standard InChI is InChI=1S/C21H25N3O3S/c1-14(2)12-24-18-8-6-5-7-16(18)23-21(24)28-13-20(25)22-17-10-9-15(26-3)11-19(17)27-4/h5-11,14H,12-13H2,1-4H3,(H,22,25). The van der Waals surface area contributed by atoms with E-state index in [1.807, 2.05) is 18.2 Å². The third-order valence-electron chi connectivity index (χ3n) is 4.18. The maximum absolute atomic E-state index is 12.5. The van der Waals surface area contributed by atoms with E-state index < -0.39 is 0 Å². The first kappa shape index (κ1) is 20.1. The van der Waals surface area contributed by atoms with Gasteiger partial charge in [-0.15, -0.1) is 0 Å². The second-order valence-electron chi connectivity index (χ2n) is 6.79. The Kier molecular flexibility index (Phi) is 6.46. The molecule has 3 rings (SSSR count). The lowest BCUT2D eigenvalue weighted by Crippen LogP contribution is -2.15. The van der Waals surface area contributed by atoms with Crippen molar-refractivity contribution in [3.05, 3.63) is 42.5 Å². The molecule has 0 spiro atoms. The number of nitrogens with zero attached hydrogens (tertiary/aromatic N) is 2. The van der Waals surface area contributed by atoms with Crippen LogP contribution in [0.4, 0.5) is 5.69 Å². The second kappa shape index (κ2) is 9.01. The molecule has 28 heavy (non-hydrogen) atoms. The van der Waals surface area contributed by atoms with E-state index >= 15 is 0 Å². The number of fused-ring (bicyclic) bond motifs is 1. The Hall–Kier alpha value is -2.67. The van der Waals surface area contributed by atoms with Crippen LogP contribution in [0.15, 0.2) is 47.6 Å². The molecule has 0 aliphatic heterocycles. The van der Waals surface area contributed by atoms with Crippen LogP contribution in [0.25, 0.3) is 11.0 Å². The summed E-state index contributed by atoms with van der Waals surface area (Å²) in [4.78, 5) is 17.2. The molecule has 0 aliphatic rings. The fourth-order valence-electron chi connectivity index (χ4n) is 2.92. The lowest BCUT2D eigenvalue weighted by Gasteiger charge is -2.13. The van der Waals surface area contributed by atoms with Crippen molar-refractivity contribution in [1.82, 2.24) is 9.55 Å². The van der Waals surface area contributed by atoms with Gasteiger partial charge >= 0.3 is 0 Å². The van der Waals surface area contributed by atoms with Crippen LogP contribution in [0.2, 0.25) is 0 Å². The average Bonchev–Trinajstić information content (AvgIpc) is 3.03. The molecule has 0 aliphatic carbocycles. The largest absolute Gasteiger partial charge is 0.497 e. The molecule has 1 N–H and O–H groups in total. The van der Waals surface area contributed by atoms with Crippen LogP contribution < -0.4 is 14.8 Å². The lowest BCUT2D eigenvalue weighted by molar-refractivity contribution is -0.113. The molecule has 3 aromatic rings. The molecule has 6 nitrogen and oxygen atoms in total. The number of para-hydroxylation sites is 2. The van der Waals surface area contributed by atoms with Gasteiger partial charge in [0.15, 0.2) is 5.16 Å². The number of aromatic nitrogens is 2. The van der Waals surface area contributed by atoms with E-state index in [4.69, 9.17) is 14.5 Å². The van der Waals surface area contributed by atoms with Crippen molar-refractivity contribution in [2.75, 3.05) is 25.3 Å². The molecule has 0 saturated heterocycles. The van der Waals surface area contributed by atoms with Crippen molar-refractivity contribution in [2.45, 2.75) is 25.5 Å². The zero-order chi connectivity index (χ0) is 20.1. The topological polar surface area (TPSA) is 65.4 Å². The van der Waals surface area contributed by atoms with Crippen LogP contribution in [0.1, 0.15) is 13.8 Å². The summed E-state index contributed by atoms with van der Waals surface area (Å²) >= 11 is 1.44. The van der Waals surface area contributed by atoms with Gasteiger partial charge in [0.1, 0.15) is 11.5 Å². The maximum atomic E-state index is 12.5. The van der Waals surface area contributed by atoms with Crippen LogP contribution in [-0.2, 0) is 11.3 Å². The maximum Gasteiger partial charge on any atom is 0.234 e. The number of hydrogen-bond acceptors (Lipinski definition) is 5. The first-order chi connectivity index (χ1) is 13.5. The summed E-state index contributed by atoms with van der Waals surface area (Å²) < 4.78 is 12.7. The number of thioether (sulfide) groups is 1. The van der Waals surface area contributed by atoms with Crippen molar-refractivity contribution in [2.24, 2.45) is 5.92 Å². The fraction of sp³-hybridized carbons (Fsp3) is 0.333. The Morgan fingerprint density at radius 2 is 1.96 bits per heavy atom. The predicted molar refractivity (Wildman–Crippen MR) is 113 cm³/mol. The number of methoxy groups -OCH3 is 2. The van der Waals surface area contributed by atoms with Crippen molar-refractivity contribution in [1.29, 1.82) is 0 Å². The highest BCUT2D eigenvalue weighted by atomic mass is 32.2. The van der Waals surface area contributed by atoms with Gasteiger partial charge in [0.2, 0.25) is 5.91 Å². The molecular weight excluding hydrogens is 374 g/mol. The van der Waals surface area contributed by atoms with Gasteiger partial charge < -0.3 is 19.4 Å². The molecule has 1 amide bonds. The van der Waals surface area contributed by atoms with Crippen molar-refractivity contribution in [3.8, 4) is 11.5 Å². The zero-order valence-electron chi connectivity index (χ0n) is 16.6. The van der Waals surface area contributed by atoms with Gasteiger partial charge in [-0.05, 0) is 30.2 Å². The number of rotatable bonds is 8. The Bertz CT molecular complexity index is 969. The van der Waals surface area contributed by atoms with Gasteiger partial charge in [0.25, 0.3) is 0 Å². The monoisotopic (exact) mass is 399 g/mol. The second-order valence-corrected chi connectivity index (χ2v) is 7.73. The fourth-order valence-corrected chi connectivity index (χ4v) is 3.75. The number of imidazole rings is 1. The molecular formula is C21H25N3O3S. The quantitative estimate of drug-likeness (QED) is 0.567. The predicted octanol–water partition coefficient (Wildman–Crippen LogP) is 4.44. The van der Waals surface area contributed by atoms with Gasteiger partial charge in [-0.25, -0.2) is 4.98 Å². The number of benzene rings is 2. The Labute approximate surface area is 169 Å². The van der Waals surface area contributed by atoms with Crippen LogP contribution in [0.5, 0.6) is 11.5 Å². The number of nitrogens with one attached hydrogen (secondary N) is 1. The minimum absolute atomic E-state index is 0.114. The molecule has 148 valence electrons. The summed E-state index contributed by atoms with van der Waals surface area (Å²) in [6.07, 6.45) is 0. The number of amides is 1. The number of ether oxygens (including phenoxy) is 2. The molecule has 1 heterocycles. The molecule has 0 fully saturated rings. The third-order valence-corrected chi connectivity index (χ3v) is 5.16. The summed E-state index contributed by atoms with van der Waals surface area (Å²) in [7, 11) is 3.15. The Balaban J connectivity index is 1.73. The van der Waals surface area contributed by atoms with Gasteiger partial charge in [0, 0.05) is 12.6 Å². The van der Waals surface area contributed by atoms with Crippen molar-refractivity contribution < 1.29 is 14.3 Å². The Morgan fingerprint density at radius 3 is 2.68 bits per heavy atom. The van der Waals surface area contributed by atoms with Crippen LogP contribution >= 0.6 is 11.8 Å². The molecule has 1 aromatic heterocycles. The lowest BCUT2D eigenvalue weighted by atomic mass is 10.2. The normalized spacial score (nSPS) is 11.0. The summed E-state index contributed by atoms with van der Waals surface area (Å²) in [6.45, 7) is 5.20. The molecule has 0 unspecified atom stereocenters. The smallest absolute Gasteiger partial charge is 0.234 e. The van der Waals surface area contributed by atoms with Gasteiger partial charge in [0.05, 0.1) is 36.7 Å². The third kappa shape index (κ3) is 4.59. The first-order valence-corrected chi connectivity index (χ1v) is 10.1.